The van der Waals surface area contributed by atoms with E-state index in [0.29, 0.717) is 17.4 Å². The first-order valence-corrected chi connectivity index (χ1v) is 24.0. The topological polar surface area (TPSA) is 152 Å². The fraction of sp³-hybridized carbons (Fsp3) is 0.783. The highest BCUT2D eigenvalue weighted by molar-refractivity contribution is 7.45. The molecule has 0 aromatic heterocycles. The number of rotatable bonds is 40. The number of likely N-dealkylation sites (N-methyl/N-ethyl adjacent to an activating group) is 1. The minimum absolute atomic E-state index is 0.0855. The summed E-state index contributed by atoms with van der Waals surface area (Å²) in [6, 6.07) is 0. The van der Waals surface area contributed by atoms with Gasteiger partial charge in [0.25, 0.3) is 7.82 Å². The van der Waals surface area contributed by atoms with Crippen molar-refractivity contribution in [1.82, 2.24) is 0 Å². The second-order valence-electron chi connectivity index (χ2n) is 16.4. The Labute approximate surface area is 353 Å². The lowest BCUT2D eigenvalue weighted by Crippen LogP contribution is -2.37. The molecule has 338 valence electrons. The predicted octanol–water partition coefficient (Wildman–Crippen LogP) is 10.00. The predicted molar refractivity (Wildman–Crippen MR) is 234 cm³/mol. The smallest absolute Gasteiger partial charge is 0.306 e. The lowest BCUT2D eigenvalue weighted by atomic mass is 10.0. The molecule has 0 spiro atoms. The molecule has 12 heteroatoms. The Balaban J connectivity index is 4.62. The van der Waals surface area contributed by atoms with Gasteiger partial charge in [-0.3, -0.25) is 14.2 Å². The maximum atomic E-state index is 12.7. The minimum Gasteiger partial charge on any atom is -0.756 e. The van der Waals surface area contributed by atoms with E-state index in [1.165, 1.54) is 57.8 Å². The summed E-state index contributed by atoms with van der Waals surface area (Å²) >= 11 is 0. The number of unbranched alkanes of at least 4 members (excludes halogenated alkanes) is 14. The number of hydrogen-bond acceptors (Lipinski definition) is 10. The van der Waals surface area contributed by atoms with E-state index in [-0.39, 0.29) is 45.3 Å². The molecule has 0 aliphatic carbocycles. The normalized spacial score (nSPS) is 15.1. The zero-order chi connectivity index (χ0) is 43.2. The van der Waals surface area contributed by atoms with Crippen molar-refractivity contribution in [1.29, 1.82) is 0 Å². The van der Waals surface area contributed by atoms with Crippen molar-refractivity contribution in [2.75, 3.05) is 47.5 Å². The van der Waals surface area contributed by atoms with Crippen LogP contribution >= 0.6 is 7.82 Å². The number of phosphoric ester groups is 1. The van der Waals surface area contributed by atoms with Gasteiger partial charge < -0.3 is 38.1 Å². The molecule has 0 heterocycles. The van der Waals surface area contributed by atoms with Crippen LogP contribution in [-0.4, -0.2) is 92.5 Å². The highest BCUT2D eigenvalue weighted by atomic mass is 31.2. The van der Waals surface area contributed by atoms with E-state index in [0.717, 1.165) is 57.8 Å². The standard InChI is InChI=1S/C46H84NO10P/c1-6-8-10-12-14-16-18-20-21-22-24-26-28-30-32-36-45(50)54-40-42(41-56-58(52,53)55-39-38-47(3,4)5)57-46(51)37-33-35-44(49)43(48)34-31-29-27-25-23-19-17-15-13-11-9-7-2/h15,17,20-21,23,25,29,31,42-44,48-49H,6-14,16,18-19,22,24,26-28,30,32-41H2,1-5H3/b17-15-,21-20-,25-23-,31-29-/t42-,43?,44?/m1/s1. The maximum absolute atomic E-state index is 12.7. The Morgan fingerprint density at radius 2 is 1.12 bits per heavy atom. The van der Waals surface area contributed by atoms with Gasteiger partial charge in [0.15, 0.2) is 6.10 Å². The van der Waals surface area contributed by atoms with Crippen molar-refractivity contribution in [2.45, 2.75) is 186 Å². The van der Waals surface area contributed by atoms with Crippen molar-refractivity contribution < 1.29 is 52.3 Å². The van der Waals surface area contributed by atoms with Gasteiger partial charge in [-0.2, -0.15) is 0 Å². The van der Waals surface area contributed by atoms with E-state index >= 15 is 0 Å². The monoisotopic (exact) mass is 842 g/mol. The fourth-order valence-corrected chi connectivity index (χ4v) is 6.54. The molecule has 0 aliphatic rings. The van der Waals surface area contributed by atoms with Crippen LogP contribution in [0.3, 0.4) is 0 Å². The molecule has 0 rings (SSSR count). The largest absolute Gasteiger partial charge is 0.756 e. The first kappa shape index (κ1) is 55.9. The summed E-state index contributed by atoms with van der Waals surface area (Å²) in [6.45, 7) is 3.83. The number of allylic oxidation sites excluding steroid dienone is 7. The van der Waals surface area contributed by atoms with E-state index < -0.39 is 44.7 Å². The molecule has 4 atom stereocenters. The number of phosphoric acid groups is 1. The molecule has 0 radical (unpaired) electrons. The van der Waals surface area contributed by atoms with E-state index in [1.54, 1.807) is 0 Å². The summed E-state index contributed by atoms with van der Waals surface area (Å²) in [7, 11) is 0.980. The molecule has 0 aromatic rings. The van der Waals surface area contributed by atoms with Crippen LogP contribution in [0.1, 0.15) is 168 Å². The maximum Gasteiger partial charge on any atom is 0.306 e. The lowest BCUT2D eigenvalue weighted by Gasteiger charge is -2.28. The van der Waals surface area contributed by atoms with Crippen LogP contribution in [0.25, 0.3) is 0 Å². The summed E-state index contributed by atoms with van der Waals surface area (Å²) in [5, 5.41) is 20.8. The second-order valence-corrected chi connectivity index (χ2v) is 17.8. The van der Waals surface area contributed by atoms with Crippen molar-refractivity contribution in [2.24, 2.45) is 0 Å². The highest BCUT2D eigenvalue weighted by Gasteiger charge is 2.22. The third kappa shape index (κ3) is 39.4. The van der Waals surface area contributed by atoms with Gasteiger partial charge in [0.1, 0.15) is 19.8 Å². The van der Waals surface area contributed by atoms with Gasteiger partial charge in [-0.25, -0.2) is 0 Å². The molecule has 0 bridgehead atoms. The van der Waals surface area contributed by atoms with E-state index in [4.69, 9.17) is 18.5 Å². The number of ether oxygens (including phenoxy) is 2. The number of carbonyl (C=O) groups is 2. The Hall–Kier alpha value is -2.11. The van der Waals surface area contributed by atoms with Gasteiger partial charge in [0.2, 0.25) is 0 Å². The summed E-state index contributed by atoms with van der Waals surface area (Å²) in [4.78, 5) is 37.6. The van der Waals surface area contributed by atoms with Gasteiger partial charge in [-0.15, -0.1) is 0 Å². The van der Waals surface area contributed by atoms with Crippen molar-refractivity contribution in [3.05, 3.63) is 48.6 Å². The first-order chi connectivity index (χ1) is 27.8. The quantitative estimate of drug-likeness (QED) is 0.0201. The molecule has 11 nitrogen and oxygen atoms in total. The Bertz CT molecular complexity index is 1170. The van der Waals surface area contributed by atoms with Crippen LogP contribution in [-0.2, 0) is 32.7 Å². The van der Waals surface area contributed by atoms with Crippen LogP contribution in [0, 0.1) is 0 Å². The van der Waals surface area contributed by atoms with Crippen LogP contribution in [0.5, 0.6) is 0 Å². The molecule has 0 saturated heterocycles. The molecular weight excluding hydrogens is 757 g/mol. The summed E-state index contributed by atoms with van der Waals surface area (Å²) in [5.74, 6) is -1.13. The van der Waals surface area contributed by atoms with Crippen LogP contribution in [0.4, 0.5) is 0 Å². The number of aliphatic hydroxyl groups excluding tert-OH is 2. The van der Waals surface area contributed by atoms with E-state index in [1.807, 2.05) is 33.3 Å². The lowest BCUT2D eigenvalue weighted by molar-refractivity contribution is -0.870. The summed E-state index contributed by atoms with van der Waals surface area (Å²) in [6.07, 6.45) is 35.9. The molecule has 3 unspecified atom stereocenters. The SMILES string of the molecule is CCCCC/C=C\C/C=C\C/C=C\CC(O)C(O)CCCC(=O)O[C@H](COC(=O)CCCCCCC/C=C\CCCCCCCC)COP(=O)([O-])OCC[N+](C)(C)C. The first-order valence-electron chi connectivity index (χ1n) is 22.5. The summed E-state index contributed by atoms with van der Waals surface area (Å²) in [5.41, 5.74) is 0. The van der Waals surface area contributed by atoms with Crippen molar-refractivity contribution >= 4 is 19.8 Å². The number of quaternary nitrogens is 1. The molecule has 58 heavy (non-hydrogen) atoms. The van der Waals surface area contributed by atoms with Gasteiger partial charge >= 0.3 is 11.9 Å². The molecule has 2 N–H and O–H groups in total. The van der Waals surface area contributed by atoms with Crippen molar-refractivity contribution in [3.63, 3.8) is 0 Å². The minimum atomic E-state index is -4.71. The van der Waals surface area contributed by atoms with Gasteiger partial charge in [-0.05, 0) is 77.0 Å². The second kappa shape index (κ2) is 37.9. The zero-order valence-corrected chi connectivity index (χ0v) is 38.1. The van der Waals surface area contributed by atoms with Crippen LogP contribution in [0.15, 0.2) is 48.6 Å². The number of esters is 2. The Kier molecular flexibility index (Phi) is 36.5. The van der Waals surface area contributed by atoms with E-state index in [2.05, 4.69) is 50.3 Å². The third-order valence-electron chi connectivity index (χ3n) is 9.52. The van der Waals surface area contributed by atoms with Crippen LogP contribution in [0.2, 0.25) is 0 Å². The average molecular weight is 842 g/mol. The number of carbonyl (C=O) groups excluding carboxylic acids is 2. The van der Waals surface area contributed by atoms with Crippen LogP contribution < -0.4 is 4.89 Å². The van der Waals surface area contributed by atoms with E-state index in [9.17, 15) is 29.3 Å². The highest BCUT2D eigenvalue weighted by Crippen LogP contribution is 2.38. The van der Waals surface area contributed by atoms with Gasteiger partial charge in [0, 0.05) is 12.8 Å². The molecule has 0 amide bonds. The Morgan fingerprint density at radius 3 is 1.74 bits per heavy atom. The van der Waals surface area contributed by atoms with Gasteiger partial charge in [0.05, 0.1) is 40.0 Å². The van der Waals surface area contributed by atoms with Gasteiger partial charge in [-0.1, -0.05) is 127 Å². The molecule has 0 saturated carbocycles. The Morgan fingerprint density at radius 1 is 0.621 bits per heavy atom. The number of hydrogen-bond donors (Lipinski definition) is 2. The third-order valence-corrected chi connectivity index (χ3v) is 10.5. The molecule has 0 aromatic carbocycles. The summed E-state index contributed by atoms with van der Waals surface area (Å²) < 4.78 is 33.7. The number of aliphatic hydroxyl groups is 2. The number of nitrogens with zero attached hydrogens (tertiary/aromatic N) is 1. The molecular formula is C46H84NO10P. The average Bonchev–Trinajstić information content (AvgIpc) is 3.17. The fourth-order valence-electron chi connectivity index (χ4n) is 5.81. The molecule has 0 aliphatic heterocycles. The molecule has 0 fully saturated rings. The zero-order valence-electron chi connectivity index (χ0n) is 37.2. The van der Waals surface area contributed by atoms with Crippen molar-refractivity contribution in [3.8, 4) is 0 Å².